The molecule has 0 aliphatic carbocycles. The molecule has 0 unspecified atom stereocenters. The van der Waals surface area contributed by atoms with Crippen molar-refractivity contribution < 1.29 is 4.74 Å². The second-order valence-corrected chi connectivity index (χ2v) is 3.78. The lowest BCUT2D eigenvalue weighted by atomic mass is 10.3. The van der Waals surface area contributed by atoms with Gasteiger partial charge in [-0.05, 0) is 37.2 Å². The third kappa shape index (κ3) is 5.56. The van der Waals surface area contributed by atoms with E-state index in [1.807, 2.05) is 37.4 Å². The van der Waals surface area contributed by atoms with E-state index in [0.717, 1.165) is 31.7 Å². The summed E-state index contributed by atoms with van der Waals surface area (Å²) in [5.41, 5.74) is 0. The molecule has 88 valence electrons. The fraction of sp³-hybridized carbons (Fsp3) is 0.417. The predicted molar refractivity (Wildman–Crippen MR) is 70.8 cm³/mol. The molecule has 0 aliphatic rings. The van der Waals surface area contributed by atoms with Gasteiger partial charge in [0.15, 0.2) is 5.11 Å². The summed E-state index contributed by atoms with van der Waals surface area (Å²) in [7, 11) is 1.81. The minimum Gasteiger partial charge on any atom is -0.494 e. The highest BCUT2D eigenvalue weighted by molar-refractivity contribution is 7.80. The number of thiocarbonyl (C=S) groups is 1. The normalized spacial score (nSPS) is 9.56. The molecule has 0 heterocycles. The Hall–Kier alpha value is -1.29. The van der Waals surface area contributed by atoms with E-state index >= 15 is 0 Å². The molecule has 0 atom stereocenters. The summed E-state index contributed by atoms with van der Waals surface area (Å²) in [6.07, 6.45) is 2.07. The SMILES string of the molecule is CNC(=S)NCCCCOc1ccccc1. The highest BCUT2D eigenvalue weighted by Gasteiger charge is 1.93. The number of hydrogen-bond acceptors (Lipinski definition) is 2. The van der Waals surface area contributed by atoms with Crippen molar-refractivity contribution in [2.24, 2.45) is 0 Å². The molecule has 0 radical (unpaired) electrons. The Balaban J connectivity index is 1.98. The maximum atomic E-state index is 5.56. The molecule has 0 fully saturated rings. The van der Waals surface area contributed by atoms with E-state index in [4.69, 9.17) is 17.0 Å². The Labute approximate surface area is 102 Å². The van der Waals surface area contributed by atoms with E-state index in [1.54, 1.807) is 0 Å². The standard InChI is InChI=1S/C12H18N2OS/c1-13-12(16)14-9-5-6-10-15-11-7-3-2-4-8-11/h2-4,7-8H,5-6,9-10H2,1H3,(H2,13,14,16). The summed E-state index contributed by atoms with van der Waals surface area (Å²) in [5, 5.41) is 6.66. The third-order valence-electron chi connectivity index (χ3n) is 2.10. The Kier molecular flexibility index (Phi) is 6.33. The monoisotopic (exact) mass is 238 g/mol. The topological polar surface area (TPSA) is 33.3 Å². The van der Waals surface area contributed by atoms with Crippen molar-refractivity contribution in [3.8, 4) is 5.75 Å². The minimum absolute atomic E-state index is 0.698. The number of para-hydroxylation sites is 1. The number of benzene rings is 1. The molecule has 0 saturated carbocycles. The maximum absolute atomic E-state index is 5.56. The molecule has 3 nitrogen and oxygen atoms in total. The Morgan fingerprint density at radius 2 is 2.00 bits per heavy atom. The molecule has 1 rings (SSSR count). The van der Waals surface area contributed by atoms with Gasteiger partial charge >= 0.3 is 0 Å². The fourth-order valence-electron chi connectivity index (χ4n) is 1.22. The molecule has 4 heteroatoms. The average molecular weight is 238 g/mol. The van der Waals surface area contributed by atoms with Gasteiger partial charge in [0, 0.05) is 13.6 Å². The predicted octanol–water partition coefficient (Wildman–Crippen LogP) is 1.94. The number of unbranched alkanes of at least 4 members (excludes halogenated alkanes) is 1. The quantitative estimate of drug-likeness (QED) is 0.586. The van der Waals surface area contributed by atoms with Crippen molar-refractivity contribution in [1.29, 1.82) is 0 Å². The molecule has 0 saturated heterocycles. The number of hydrogen-bond donors (Lipinski definition) is 2. The van der Waals surface area contributed by atoms with E-state index in [-0.39, 0.29) is 0 Å². The molecular weight excluding hydrogens is 220 g/mol. The maximum Gasteiger partial charge on any atom is 0.166 e. The van der Waals surface area contributed by atoms with Crippen LogP contribution in [0.1, 0.15) is 12.8 Å². The van der Waals surface area contributed by atoms with Crippen LogP contribution >= 0.6 is 12.2 Å². The molecule has 1 aromatic rings. The van der Waals surface area contributed by atoms with Crippen molar-refractivity contribution in [2.45, 2.75) is 12.8 Å². The van der Waals surface area contributed by atoms with Crippen LogP contribution in [0.25, 0.3) is 0 Å². The molecular formula is C12H18N2OS. The summed E-state index contributed by atoms with van der Waals surface area (Å²) in [6, 6.07) is 9.86. The van der Waals surface area contributed by atoms with Gasteiger partial charge in [-0.15, -0.1) is 0 Å². The molecule has 1 aromatic carbocycles. The molecule has 0 spiro atoms. The lowest BCUT2D eigenvalue weighted by molar-refractivity contribution is 0.307. The van der Waals surface area contributed by atoms with Crippen LogP contribution in [0.15, 0.2) is 30.3 Å². The second kappa shape index (κ2) is 7.93. The van der Waals surface area contributed by atoms with Gasteiger partial charge < -0.3 is 15.4 Å². The Morgan fingerprint density at radius 1 is 1.25 bits per heavy atom. The molecule has 0 amide bonds. The van der Waals surface area contributed by atoms with Gasteiger partial charge in [-0.1, -0.05) is 18.2 Å². The lowest BCUT2D eigenvalue weighted by Crippen LogP contribution is -2.33. The molecule has 0 aromatic heterocycles. The van der Waals surface area contributed by atoms with Gasteiger partial charge in [-0.2, -0.15) is 0 Å². The van der Waals surface area contributed by atoms with Crippen molar-refractivity contribution >= 4 is 17.3 Å². The first kappa shape index (κ1) is 12.8. The summed E-state index contributed by atoms with van der Waals surface area (Å²) >= 11 is 4.96. The zero-order chi connectivity index (χ0) is 11.6. The highest BCUT2D eigenvalue weighted by Crippen LogP contribution is 2.08. The van der Waals surface area contributed by atoms with Crippen LogP contribution in [-0.2, 0) is 0 Å². The van der Waals surface area contributed by atoms with Crippen LogP contribution in [-0.4, -0.2) is 25.3 Å². The van der Waals surface area contributed by atoms with E-state index in [1.165, 1.54) is 0 Å². The summed E-state index contributed by atoms with van der Waals surface area (Å²) in [4.78, 5) is 0. The zero-order valence-electron chi connectivity index (χ0n) is 9.53. The number of nitrogens with one attached hydrogen (secondary N) is 2. The first-order chi connectivity index (χ1) is 7.83. The van der Waals surface area contributed by atoms with Gasteiger partial charge in [0.25, 0.3) is 0 Å². The smallest absolute Gasteiger partial charge is 0.166 e. The first-order valence-electron chi connectivity index (χ1n) is 5.46. The van der Waals surface area contributed by atoms with Crippen molar-refractivity contribution in [3.63, 3.8) is 0 Å². The zero-order valence-corrected chi connectivity index (χ0v) is 10.3. The first-order valence-corrected chi connectivity index (χ1v) is 5.87. The van der Waals surface area contributed by atoms with Crippen molar-refractivity contribution in [2.75, 3.05) is 20.2 Å². The van der Waals surface area contributed by atoms with Crippen LogP contribution in [0.2, 0.25) is 0 Å². The largest absolute Gasteiger partial charge is 0.494 e. The minimum atomic E-state index is 0.698. The van der Waals surface area contributed by atoms with Gasteiger partial charge in [-0.25, -0.2) is 0 Å². The number of ether oxygens (including phenoxy) is 1. The van der Waals surface area contributed by atoms with Crippen LogP contribution in [0.4, 0.5) is 0 Å². The van der Waals surface area contributed by atoms with Crippen LogP contribution in [0.3, 0.4) is 0 Å². The van der Waals surface area contributed by atoms with Crippen LogP contribution in [0.5, 0.6) is 5.75 Å². The fourth-order valence-corrected chi connectivity index (χ4v) is 1.33. The van der Waals surface area contributed by atoms with Crippen LogP contribution < -0.4 is 15.4 Å². The van der Waals surface area contributed by atoms with Crippen molar-refractivity contribution in [3.05, 3.63) is 30.3 Å². The average Bonchev–Trinajstić information content (AvgIpc) is 2.34. The summed E-state index contributed by atoms with van der Waals surface area (Å²) < 4.78 is 5.56. The van der Waals surface area contributed by atoms with Gasteiger partial charge in [0.2, 0.25) is 0 Å². The lowest BCUT2D eigenvalue weighted by Gasteiger charge is -2.07. The van der Waals surface area contributed by atoms with E-state index < -0.39 is 0 Å². The third-order valence-corrected chi connectivity index (χ3v) is 2.44. The Bertz CT molecular complexity index is 303. The van der Waals surface area contributed by atoms with E-state index in [9.17, 15) is 0 Å². The van der Waals surface area contributed by atoms with Gasteiger partial charge in [0.05, 0.1) is 6.61 Å². The molecule has 0 bridgehead atoms. The Morgan fingerprint density at radius 3 is 2.69 bits per heavy atom. The molecule has 0 aliphatic heterocycles. The van der Waals surface area contributed by atoms with Gasteiger partial charge in [-0.3, -0.25) is 0 Å². The van der Waals surface area contributed by atoms with E-state index in [0.29, 0.717) is 5.11 Å². The van der Waals surface area contributed by atoms with Gasteiger partial charge in [0.1, 0.15) is 5.75 Å². The van der Waals surface area contributed by atoms with E-state index in [2.05, 4.69) is 10.6 Å². The summed E-state index contributed by atoms with van der Waals surface area (Å²) in [6.45, 7) is 1.63. The highest BCUT2D eigenvalue weighted by atomic mass is 32.1. The van der Waals surface area contributed by atoms with Crippen molar-refractivity contribution in [1.82, 2.24) is 10.6 Å². The molecule has 2 N–H and O–H groups in total. The number of rotatable bonds is 6. The van der Waals surface area contributed by atoms with Crippen LogP contribution in [0, 0.1) is 0 Å². The molecule has 16 heavy (non-hydrogen) atoms. The second-order valence-electron chi connectivity index (χ2n) is 3.37. The summed E-state index contributed by atoms with van der Waals surface area (Å²) in [5.74, 6) is 0.932.